The number of aryl methyl sites for hydroxylation is 2. The summed E-state index contributed by atoms with van der Waals surface area (Å²) in [5.74, 6) is 1.68. The molecule has 0 aromatic heterocycles. The van der Waals surface area contributed by atoms with Crippen molar-refractivity contribution in [1.29, 1.82) is 0 Å². The molecule has 2 aromatic rings. The maximum atomic E-state index is 5.48. The average molecular weight is 254 g/mol. The maximum Gasteiger partial charge on any atom is 0.231 e. The van der Waals surface area contributed by atoms with Crippen molar-refractivity contribution in [3.8, 4) is 22.6 Å². The van der Waals surface area contributed by atoms with Gasteiger partial charge in [0.25, 0.3) is 0 Å². The molecule has 0 saturated carbocycles. The smallest absolute Gasteiger partial charge is 0.231 e. The molecule has 19 heavy (non-hydrogen) atoms. The molecule has 2 heteroatoms. The van der Waals surface area contributed by atoms with Gasteiger partial charge in [0.2, 0.25) is 6.79 Å². The summed E-state index contributed by atoms with van der Waals surface area (Å²) in [4.78, 5) is 0. The van der Waals surface area contributed by atoms with Crippen molar-refractivity contribution in [2.75, 3.05) is 6.79 Å². The maximum absolute atomic E-state index is 5.48. The summed E-state index contributed by atoms with van der Waals surface area (Å²) >= 11 is 0. The van der Waals surface area contributed by atoms with E-state index >= 15 is 0 Å². The van der Waals surface area contributed by atoms with Crippen LogP contribution >= 0.6 is 0 Å². The lowest BCUT2D eigenvalue weighted by Gasteiger charge is -2.15. The fourth-order valence-corrected chi connectivity index (χ4v) is 2.70. The number of fused-ring (bicyclic) bond motifs is 1. The third-order valence-corrected chi connectivity index (χ3v) is 4.03. The van der Waals surface area contributed by atoms with E-state index in [9.17, 15) is 0 Å². The average Bonchev–Trinajstić information content (AvgIpc) is 2.84. The van der Waals surface area contributed by atoms with Crippen molar-refractivity contribution in [3.05, 3.63) is 46.5 Å². The fraction of sp³-hybridized carbons (Fsp3) is 0.294. The zero-order valence-electron chi connectivity index (χ0n) is 11.8. The Labute approximate surface area is 114 Å². The summed E-state index contributed by atoms with van der Waals surface area (Å²) in [5.41, 5.74) is 7.84. The van der Waals surface area contributed by atoms with E-state index in [1.807, 2.05) is 6.07 Å². The van der Waals surface area contributed by atoms with E-state index in [1.165, 1.54) is 33.4 Å². The minimum absolute atomic E-state index is 0.323. The second kappa shape index (κ2) is 4.30. The first-order valence-corrected chi connectivity index (χ1v) is 6.55. The van der Waals surface area contributed by atoms with Crippen molar-refractivity contribution < 1.29 is 9.47 Å². The van der Waals surface area contributed by atoms with Gasteiger partial charge in [-0.15, -0.1) is 0 Å². The van der Waals surface area contributed by atoms with Crippen LogP contribution in [0.1, 0.15) is 22.3 Å². The summed E-state index contributed by atoms with van der Waals surface area (Å²) < 4.78 is 10.9. The number of ether oxygens (including phenoxy) is 2. The Morgan fingerprint density at radius 3 is 2.11 bits per heavy atom. The molecule has 3 rings (SSSR count). The molecule has 0 unspecified atom stereocenters. The van der Waals surface area contributed by atoms with Crippen LogP contribution in [0.3, 0.4) is 0 Å². The van der Waals surface area contributed by atoms with Gasteiger partial charge in [0.1, 0.15) is 0 Å². The summed E-state index contributed by atoms with van der Waals surface area (Å²) in [6.07, 6.45) is 0. The van der Waals surface area contributed by atoms with Gasteiger partial charge in [0.05, 0.1) is 0 Å². The molecule has 0 saturated heterocycles. The second-order valence-electron chi connectivity index (χ2n) is 5.20. The van der Waals surface area contributed by atoms with Gasteiger partial charge < -0.3 is 9.47 Å². The van der Waals surface area contributed by atoms with Crippen molar-refractivity contribution in [2.24, 2.45) is 0 Å². The summed E-state index contributed by atoms with van der Waals surface area (Å²) in [5, 5.41) is 0. The van der Waals surface area contributed by atoms with Crippen LogP contribution in [0, 0.1) is 27.7 Å². The Balaban J connectivity index is 2.22. The number of benzene rings is 2. The normalized spacial score (nSPS) is 12.8. The highest BCUT2D eigenvalue weighted by Gasteiger charge is 2.16. The number of hydrogen-bond donors (Lipinski definition) is 0. The molecule has 0 spiro atoms. The SMILES string of the molecule is Cc1cc(C)c(C)c(-c2ccc3c(c2)OCO3)c1C. The topological polar surface area (TPSA) is 18.5 Å². The van der Waals surface area contributed by atoms with Crippen molar-refractivity contribution in [1.82, 2.24) is 0 Å². The van der Waals surface area contributed by atoms with Crippen LogP contribution in [-0.4, -0.2) is 6.79 Å². The van der Waals surface area contributed by atoms with E-state index in [0.29, 0.717) is 6.79 Å². The minimum Gasteiger partial charge on any atom is -0.454 e. The third-order valence-electron chi connectivity index (χ3n) is 4.03. The molecule has 0 amide bonds. The van der Waals surface area contributed by atoms with Gasteiger partial charge in [0.15, 0.2) is 11.5 Å². The van der Waals surface area contributed by atoms with Gasteiger partial charge in [-0.3, -0.25) is 0 Å². The Hall–Kier alpha value is -1.96. The molecule has 1 heterocycles. The first-order valence-electron chi connectivity index (χ1n) is 6.55. The van der Waals surface area contributed by atoms with Crippen LogP contribution in [0.2, 0.25) is 0 Å². The largest absolute Gasteiger partial charge is 0.454 e. The minimum atomic E-state index is 0.323. The van der Waals surface area contributed by atoms with Gasteiger partial charge >= 0.3 is 0 Å². The molecular formula is C17H18O2. The van der Waals surface area contributed by atoms with Crippen molar-refractivity contribution in [3.63, 3.8) is 0 Å². The zero-order valence-corrected chi connectivity index (χ0v) is 11.8. The Morgan fingerprint density at radius 2 is 1.42 bits per heavy atom. The standard InChI is InChI=1S/C17H18O2/c1-10-7-11(2)13(4)17(12(10)3)14-5-6-15-16(8-14)19-9-18-15/h5-8H,9H2,1-4H3. The van der Waals surface area contributed by atoms with Crippen LogP contribution in [-0.2, 0) is 0 Å². The van der Waals surface area contributed by atoms with Crippen molar-refractivity contribution >= 4 is 0 Å². The number of hydrogen-bond acceptors (Lipinski definition) is 2. The van der Waals surface area contributed by atoms with Gasteiger partial charge in [-0.1, -0.05) is 12.1 Å². The molecule has 0 aliphatic carbocycles. The predicted octanol–water partition coefficient (Wildman–Crippen LogP) is 4.32. The predicted molar refractivity (Wildman–Crippen MR) is 76.9 cm³/mol. The first kappa shape index (κ1) is 12.1. The molecular weight excluding hydrogens is 236 g/mol. The summed E-state index contributed by atoms with van der Waals surface area (Å²) in [6.45, 7) is 9.02. The molecule has 0 fully saturated rings. The van der Waals surface area contributed by atoms with Crippen molar-refractivity contribution in [2.45, 2.75) is 27.7 Å². The van der Waals surface area contributed by atoms with E-state index in [4.69, 9.17) is 9.47 Å². The second-order valence-corrected chi connectivity index (χ2v) is 5.20. The van der Waals surface area contributed by atoms with E-state index in [0.717, 1.165) is 11.5 Å². The van der Waals surface area contributed by atoms with Gasteiger partial charge in [-0.2, -0.15) is 0 Å². The van der Waals surface area contributed by atoms with Crippen LogP contribution in [0.15, 0.2) is 24.3 Å². The lowest BCUT2D eigenvalue weighted by atomic mass is 9.89. The molecule has 0 atom stereocenters. The van der Waals surface area contributed by atoms with Crippen LogP contribution in [0.5, 0.6) is 11.5 Å². The van der Waals surface area contributed by atoms with E-state index < -0.39 is 0 Å². The first-order chi connectivity index (χ1) is 9.08. The van der Waals surface area contributed by atoms with E-state index in [2.05, 4.69) is 45.9 Å². The summed E-state index contributed by atoms with van der Waals surface area (Å²) in [7, 11) is 0. The van der Waals surface area contributed by atoms with E-state index in [1.54, 1.807) is 0 Å². The molecule has 98 valence electrons. The Bertz CT molecular complexity index is 631. The van der Waals surface area contributed by atoms with Gasteiger partial charge in [0, 0.05) is 0 Å². The quantitative estimate of drug-likeness (QED) is 0.754. The highest BCUT2D eigenvalue weighted by molar-refractivity contribution is 5.75. The molecule has 2 aromatic carbocycles. The molecule has 0 radical (unpaired) electrons. The number of rotatable bonds is 1. The van der Waals surface area contributed by atoms with Gasteiger partial charge in [-0.25, -0.2) is 0 Å². The molecule has 0 bridgehead atoms. The van der Waals surface area contributed by atoms with E-state index in [-0.39, 0.29) is 0 Å². The molecule has 0 N–H and O–H groups in total. The lowest BCUT2D eigenvalue weighted by Crippen LogP contribution is -1.95. The zero-order chi connectivity index (χ0) is 13.6. The highest BCUT2D eigenvalue weighted by atomic mass is 16.7. The Kier molecular flexibility index (Phi) is 2.74. The molecule has 1 aliphatic rings. The summed E-state index contributed by atoms with van der Waals surface area (Å²) in [6, 6.07) is 8.44. The highest BCUT2D eigenvalue weighted by Crippen LogP contribution is 2.39. The van der Waals surface area contributed by atoms with Crippen LogP contribution in [0.25, 0.3) is 11.1 Å². The third kappa shape index (κ3) is 1.88. The molecule has 1 aliphatic heterocycles. The van der Waals surface area contributed by atoms with Crippen LogP contribution < -0.4 is 9.47 Å². The monoisotopic (exact) mass is 254 g/mol. The van der Waals surface area contributed by atoms with Crippen LogP contribution in [0.4, 0.5) is 0 Å². The lowest BCUT2D eigenvalue weighted by molar-refractivity contribution is 0.174. The molecule has 2 nitrogen and oxygen atoms in total. The fourth-order valence-electron chi connectivity index (χ4n) is 2.70. The Morgan fingerprint density at radius 1 is 0.789 bits per heavy atom. The van der Waals surface area contributed by atoms with Gasteiger partial charge in [-0.05, 0) is 73.2 Å².